The molecule has 254 valence electrons. The van der Waals surface area contributed by atoms with Gasteiger partial charge in [-0.15, -0.1) is 0 Å². The van der Waals surface area contributed by atoms with Crippen LogP contribution in [0.1, 0.15) is 82.1 Å². The molecule has 3 unspecified atom stereocenters. The number of nitrogens with two attached hydrogens (primary N) is 1. The van der Waals surface area contributed by atoms with Gasteiger partial charge in [-0.25, -0.2) is 0 Å². The van der Waals surface area contributed by atoms with Crippen molar-refractivity contribution in [2.45, 2.75) is 94.3 Å². The molecule has 0 spiro atoms. The van der Waals surface area contributed by atoms with E-state index in [1.54, 1.807) is 0 Å². The number of anilines is 1. The maximum absolute atomic E-state index is 12.4. The fourth-order valence-electron chi connectivity index (χ4n) is 3.41. The van der Waals surface area contributed by atoms with Crippen LogP contribution in [0.4, 0.5) is 18.9 Å². The highest BCUT2D eigenvalue weighted by Crippen LogP contribution is 2.34. The van der Waals surface area contributed by atoms with Gasteiger partial charge in [0.1, 0.15) is 12.8 Å². The summed E-state index contributed by atoms with van der Waals surface area (Å²) in [5, 5.41) is 13.5. The zero-order valence-electron chi connectivity index (χ0n) is 28.3. The van der Waals surface area contributed by atoms with Crippen molar-refractivity contribution in [2.24, 2.45) is 23.2 Å². The van der Waals surface area contributed by atoms with E-state index >= 15 is 0 Å². The van der Waals surface area contributed by atoms with Crippen molar-refractivity contribution < 1.29 is 32.3 Å². The van der Waals surface area contributed by atoms with Crippen molar-refractivity contribution in [3.8, 4) is 6.07 Å². The van der Waals surface area contributed by atoms with Crippen LogP contribution in [-0.2, 0) is 19.2 Å². The fourth-order valence-corrected chi connectivity index (χ4v) is 3.41. The standard InChI is InChI=1S/C9H16F3NO.C9H13N3O2.C6H7N.C5H12.C2H6.CH2O/c1-6(2)8(9(10,11)12)4-5-13-7(3)14;1-7-2-8(3-10)12(5-7)9(14)4-11-6-13;7-6-4-2-1-3-5-6;1-5(2,3)4;2*1-2/h6,8H,4-5H2,1-3H3,(H,13,14);6-8H,2,4-5H2,1H3,(H,11,13);1-5H,7H2;1-4H3;1-2H3;1H2. The first-order valence-electron chi connectivity index (χ1n) is 14.6. The Morgan fingerprint density at radius 1 is 1.14 bits per heavy atom. The average molecular weight is 632 g/mol. The van der Waals surface area contributed by atoms with Crippen molar-refractivity contribution >= 4 is 30.7 Å². The Balaban J connectivity index is -0.000000248. The van der Waals surface area contributed by atoms with Crippen molar-refractivity contribution in [3.63, 3.8) is 0 Å². The second-order valence-corrected chi connectivity index (χ2v) is 11.6. The SMILES string of the molecule is C=O.CC.CC(=O)NCCC(C(C)C)C(F)(F)F.CC(C)(C)C.CC1CC(C#N)N(C(=O)CNC=O)C1.Nc1ccccc1. The predicted molar refractivity (Wildman–Crippen MR) is 171 cm³/mol. The lowest BCUT2D eigenvalue weighted by Gasteiger charge is -2.23. The highest BCUT2D eigenvalue weighted by Gasteiger charge is 2.40. The second kappa shape index (κ2) is 27.0. The molecule has 1 saturated heterocycles. The Labute approximate surface area is 263 Å². The number of nitriles is 1. The van der Waals surface area contributed by atoms with Gasteiger partial charge in [0, 0.05) is 25.7 Å². The molecule has 3 amide bonds. The van der Waals surface area contributed by atoms with Crippen molar-refractivity contribution in [3.05, 3.63) is 30.3 Å². The molecule has 44 heavy (non-hydrogen) atoms. The van der Waals surface area contributed by atoms with E-state index in [9.17, 15) is 27.6 Å². The average Bonchev–Trinajstić information content (AvgIpc) is 3.32. The number of benzene rings is 1. The smallest absolute Gasteiger partial charge is 0.392 e. The van der Waals surface area contributed by atoms with Crippen LogP contribution in [0, 0.1) is 34.5 Å². The molecule has 1 fully saturated rings. The summed E-state index contributed by atoms with van der Waals surface area (Å²) in [4.78, 5) is 41.4. The Kier molecular flexibility index (Phi) is 29.0. The third-order valence-corrected chi connectivity index (χ3v) is 5.17. The van der Waals surface area contributed by atoms with Gasteiger partial charge in [-0.05, 0) is 42.2 Å². The van der Waals surface area contributed by atoms with Crippen LogP contribution in [0.25, 0.3) is 0 Å². The first-order chi connectivity index (χ1) is 20.3. The van der Waals surface area contributed by atoms with Gasteiger partial charge in [-0.2, -0.15) is 18.4 Å². The lowest BCUT2D eigenvalue weighted by Crippen LogP contribution is -2.40. The summed E-state index contributed by atoms with van der Waals surface area (Å²) in [5.41, 5.74) is 6.68. The number of nitrogens with one attached hydrogen (secondary N) is 2. The number of amides is 3. The third-order valence-electron chi connectivity index (χ3n) is 5.17. The van der Waals surface area contributed by atoms with Crippen LogP contribution >= 0.6 is 0 Å². The molecule has 2 rings (SSSR count). The van der Waals surface area contributed by atoms with Gasteiger partial charge in [0.15, 0.2) is 0 Å². The number of halogens is 3. The Bertz CT molecular complexity index is 911. The molecule has 0 bridgehead atoms. The maximum Gasteiger partial charge on any atom is 0.392 e. The number of nitrogens with zero attached hydrogens (tertiary/aromatic N) is 2. The fraction of sp³-hybridized carbons (Fsp3) is 0.656. The molecule has 1 aromatic rings. The molecule has 1 heterocycles. The summed E-state index contributed by atoms with van der Waals surface area (Å²) in [6.45, 7) is 21.8. The van der Waals surface area contributed by atoms with E-state index in [0.717, 1.165) is 12.1 Å². The molecular weight excluding hydrogens is 575 g/mol. The van der Waals surface area contributed by atoms with Gasteiger partial charge < -0.3 is 26.1 Å². The van der Waals surface area contributed by atoms with Gasteiger partial charge in [0.25, 0.3) is 0 Å². The monoisotopic (exact) mass is 631 g/mol. The van der Waals surface area contributed by atoms with Crippen LogP contribution in [0.3, 0.4) is 0 Å². The van der Waals surface area contributed by atoms with E-state index < -0.39 is 18.0 Å². The molecule has 9 nitrogen and oxygen atoms in total. The third kappa shape index (κ3) is 29.9. The summed E-state index contributed by atoms with van der Waals surface area (Å²) in [5.74, 6) is -1.92. The van der Waals surface area contributed by atoms with E-state index in [1.807, 2.05) is 57.9 Å². The molecule has 4 N–H and O–H groups in total. The van der Waals surface area contributed by atoms with E-state index in [2.05, 4.69) is 44.4 Å². The largest absolute Gasteiger partial charge is 0.399 e. The van der Waals surface area contributed by atoms with Crippen molar-refractivity contribution in [1.29, 1.82) is 5.26 Å². The number of nitrogen functional groups attached to an aromatic ring is 1. The number of carbonyl (C=O) groups is 4. The number of likely N-dealkylation sites (tertiary alicyclic amines) is 1. The van der Waals surface area contributed by atoms with Gasteiger partial charge in [0.2, 0.25) is 18.2 Å². The Morgan fingerprint density at radius 2 is 1.61 bits per heavy atom. The van der Waals surface area contributed by atoms with Gasteiger partial charge in [0.05, 0.1) is 18.5 Å². The highest BCUT2D eigenvalue weighted by molar-refractivity contribution is 5.80. The molecule has 1 aromatic carbocycles. The summed E-state index contributed by atoms with van der Waals surface area (Å²) in [6.07, 6.45) is -3.02. The zero-order valence-corrected chi connectivity index (χ0v) is 28.3. The summed E-state index contributed by atoms with van der Waals surface area (Å²) in [6, 6.07) is 11.3. The minimum atomic E-state index is -4.17. The lowest BCUT2D eigenvalue weighted by molar-refractivity contribution is -0.187. The number of hydrogen-bond donors (Lipinski definition) is 3. The summed E-state index contributed by atoms with van der Waals surface area (Å²) < 4.78 is 37.1. The molecule has 0 aliphatic carbocycles. The van der Waals surface area contributed by atoms with Crippen LogP contribution in [0.5, 0.6) is 0 Å². The van der Waals surface area contributed by atoms with Gasteiger partial charge in [-0.1, -0.05) is 80.5 Å². The van der Waals surface area contributed by atoms with Gasteiger partial charge in [-0.3, -0.25) is 14.4 Å². The first-order valence-corrected chi connectivity index (χ1v) is 14.6. The molecule has 0 saturated carbocycles. The quantitative estimate of drug-likeness (QED) is 0.249. The van der Waals surface area contributed by atoms with Crippen molar-refractivity contribution in [2.75, 3.05) is 25.4 Å². The van der Waals surface area contributed by atoms with Crippen LogP contribution in [-0.4, -0.2) is 61.8 Å². The first kappa shape index (κ1) is 47.3. The number of alkyl halides is 3. The summed E-state index contributed by atoms with van der Waals surface area (Å²) in [7, 11) is 0. The molecule has 3 atom stereocenters. The highest BCUT2D eigenvalue weighted by atomic mass is 19.4. The minimum Gasteiger partial charge on any atom is -0.399 e. The molecule has 1 aliphatic heterocycles. The zero-order chi connectivity index (χ0) is 35.5. The molecule has 1 aliphatic rings. The second-order valence-electron chi connectivity index (χ2n) is 11.6. The summed E-state index contributed by atoms with van der Waals surface area (Å²) >= 11 is 0. The Morgan fingerprint density at radius 3 is 1.93 bits per heavy atom. The molecule has 0 radical (unpaired) electrons. The van der Waals surface area contributed by atoms with Crippen LogP contribution in [0.15, 0.2) is 30.3 Å². The van der Waals surface area contributed by atoms with E-state index in [1.165, 1.54) is 25.7 Å². The number of carbonyl (C=O) groups excluding carboxylic acids is 4. The van der Waals surface area contributed by atoms with E-state index in [4.69, 9.17) is 15.8 Å². The van der Waals surface area contributed by atoms with E-state index in [0.29, 0.717) is 24.3 Å². The van der Waals surface area contributed by atoms with E-state index in [-0.39, 0.29) is 37.4 Å². The van der Waals surface area contributed by atoms with Crippen LogP contribution < -0.4 is 16.4 Å². The predicted octanol–water partition coefficient (Wildman–Crippen LogP) is 6.00. The number of para-hydroxylation sites is 1. The molecule has 0 aromatic heterocycles. The van der Waals surface area contributed by atoms with Crippen molar-refractivity contribution in [1.82, 2.24) is 15.5 Å². The number of hydrogen-bond acceptors (Lipinski definition) is 6. The molecular formula is C32H56F3N5O4. The van der Waals surface area contributed by atoms with Gasteiger partial charge >= 0.3 is 6.18 Å². The topological polar surface area (TPSA) is 145 Å². The normalized spacial score (nSPS) is 15.6. The number of rotatable bonds is 7. The maximum atomic E-state index is 12.4. The Hall–Kier alpha value is -3.62. The molecule has 12 heteroatoms. The lowest BCUT2D eigenvalue weighted by atomic mass is 9.92. The minimum absolute atomic E-state index is 0.0194. The van der Waals surface area contributed by atoms with Crippen LogP contribution in [0.2, 0.25) is 0 Å².